The molecular weight excluding hydrogens is 404 g/mol. The predicted octanol–water partition coefficient (Wildman–Crippen LogP) is 8.18. The quantitative estimate of drug-likeness (QED) is 0.133. The van der Waals surface area contributed by atoms with E-state index < -0.39 is 0 Å². The van der Waals surface area contributed by atoms with Gasteiger partial charge in [0.05, 0.1) is 11.0 Å². The second-order valence-electron chi connectivity index (χ2n) is 8.88. The summed E-state index contributed by atoms with van der Waals surface area (Å²) in [4.78, 5) is 16.4. The zero-order valence-corrected chi connectivity index (χ0v) is 19.3. The molecule has 0 spiro atoms. The highest BCUT2D eigenvalue weighted by Gasteiger charge is 2.18. The number of rotatable bonds is 9. The van der Waals surface area contributed by atoms with Crippen molar-refractivity contribution in [3.63, 3.8) is 0 Å². The van der Waals surface area contributed by atoms with Crippen molar-refractivity contribution in [3.05, 3.63) is 78.4 Å². The van der Waals surface area contributed by atoms with Gasteiger partial charge in [-0.25, -0.2) is 4.98 Å². The Morgan fingerprint density at radius 3 is 2.03 bits per heavy atom. The first kappa shape index (κ1) is 21.4. The summed E-state index contributed by atoms with van der Waals surface area (Å²) in [5, 5.41) is 4.96. The maximum atomic E-state index is 11.2. The van der Waals surface area contributed by atoms with E-state index in [1.807, 2.05) is 24.3 Å². The van der Waals surface area contributed by atoms with Gasteiger partial charge in [0.25, 0.3) is 0 Å². The molecule has 0 unspecified atom stereocenters. The summed E-state index contributed by atoms with van der Waals surface area (Å²) in [5.41, 5.74) is 4.02. The second kappa shape index (κ2) is 9.58. The fourth-order valence-corrected chi connectivity index (χ4v) is 4.96. The highest BCUT2D eigenvalue weighted by Crippen LogP contribution is 2.37. The molecule has 0 bridgehead atoms. The largest absolute Gasteiger partial charge is 0.323 e. The van der Waals surface area contributed by atoms with Gasteiger partial charge in [-0.1, -0.05) is 112 Å². The molecule has 0 saturated heterocycles. The summed E-state index contributed by atoms with van der Waals surface area (Å²) >= 11 is 0. The number of carbonyl (C=O) groups is 1. The van der Waals surface area contributed by atoms with Crippen molar-refractivity contribution in [3.8, 4) is 11.4 Å². The summed E-state index contributed by atoms with van der Waals surface area (Å²) in [6, 6.07) is 25.1. The van der Waals surface area contributed by atoms with Crippen molar-refractivity contribution in [2.24, 2.45) is 0 Å². The number of aromatic nitrogens is 2. The van der Waals surface area contributed by atoms with Crippen molar-refractivity contribution in [2.45, 2.75) is 52.0 Å². The third-order valence-electron chi connectivity index (χ3n) is 6.66. The van der Waals surface area contributed by atoms with Crippen LogP contribution in [0.2, 0.25) is 0 Å². The van der Waals surface area contributed by atoms with E-state index in [1.165, 1.54) is 59.2 Å². The number of imidazole rings is 1. The predicted molar refractivity (Wildman–Crippen MR) is 139 cm³/mol. The number of aryl methyl sites for hydroxylation is 1. The van der Waals surface area contributed by atoms with E-state index in [9.17, 15) is 4.79 Å². The van der Waals surface area contributed by atoms with E-state index in [-0.39, 0.29) is 0 Å². The molecule has 3 heteroatoms. The van der Waals surface area contributed by atoms with Gasteiger partial charge in [0.1, 0.15) is 12.1 Å². The molecule has 3 nitrogen and oxygen atoms in total. The zero-order chi connectivity index (χ0) is 22.6. The minimum absolute atomic E-state index is 0.688. The summed E-state index contributed by atoms with van der Waals surface area (Å²) in [5.74, 6) is 0.984. The minimum atomic E-state index is 0.688. The van der Waals surface area contributed by atoms with Gasteiger partial charge in [0.15, 0.2) is 0 Å². The first-order valence-electron chi connectivity index (χ1n) is 12.2. The number of nitrogens with zero attached hydrogens (tertiary/aromatic N) is 2. The Morgan fingerprint density at radius 2 is 1.33 bits per heavy atom. The van der Waals surface area contributed by atoms with Crippen LogP contribution in [0.1, 0.15) is 55.8 Å². The van der Waals surface area contributed by atoms with Crippen LogP contribution in [0.15, 0.2) is 72.8 Å². The van der Waals surface area contributed by atoms with Gasteiger partial charge in [0.2, 0.25) is 0 Å². The molecule has 0 N–H and O–H groups in total. The van der Waals surface area contributed by atoms with E-state index in [1.54, 1.807) is 0 Å². The highest BCUT2D eigenvalue weighted by atomic mass is 16.1. The first-order valence-corrected chi connectivity index (χ1v) is 12.2. The lowest BCUT2D eigenvalue weighted by molar-refractivity contribution is 0.112. The second-order valence-corrected chi connectivity index (χ2v) is 8.88. The van der Waals surface area contributed by atoms with Crippen LogP contribution in [-0.2, 0) is 6.54 Å². The van der Waals surface area contributed by atoms with Gasteiger partial charge in [-0.2, -0.15) is 0 Å². The average molecular weight is 435 g/mol. The smallest absolute Gasteiger partial charge is 0.150 e. The number of benzene rings is 4. The standard InChI is InChI=1S/C30H30N2O/c1-2-3-4-5-6-11-20-32-29-27-15-10-8-13-25(27)24-12-7-9-14-26(24)28(29)31-30(32)23-18-16-22(21-33)17-19-23/h7-10,12-19,21H,2-6,11,20H2,1H3. The Hall–Kier alpha value is -3.46. The van der Waals surface area contributed by atoms with Crippen molar-refractivity contribution >= 4 is 38.9 Å². The lowest BCUT2D eigenvalue weighted by Gasteiger charge is -2.12. The third-order valence-corrected chi connectivity index (χ3v) is 6.66. The van der Waals surface area contributed by atoms with Crippen molar-refractivity contribution in [2.75, 3.05) is 0 Å². The fourth-order valence-electron chi connectivity index (χ4n) is 4.96. The molecule has 4 aromatic carbocycles. The van der Waals surface area contributed by atoms with Crippen LogP contribution < -0.4 is 0 Å². The molecule has 5 aromatic rings. The van der Waals surface area contributed by atoms with Gasteiger partial charge in [0, 0.05) is 28.4 Å². The molecule has 0 aliphatic rings. The van der Waals surface area contributed by atoms with Gasteiger partial charge in [-0.3, -0.25) is 4.79 Å². The molecule has 0 atom stereocenters. The van der Waals surface area contributed by atoms with Crippen LogP contribution in [0.3, 0.4) is 0 Å². The summed E-state index contributed by atoms with van der Waals surface area (Å²) < 4.78 is 2.42. The molecule has 1 heterocycles. The Morgan fingerprint density at radius 1 is 0.727 bits per heavy atom. The fraction of sp³-hybridized carbons (Fsp3) is 0.267. The maximum absolute atomic E-state index is 11.2. The number of aldehydes is 1. The first-order chi connectivity index (χ1) is 16.3. The lowest BCUT2D eigenvalue weighted by atomic mass is 10.00. The Balaban J connectivity index is 1.70. The zero-order valence-electron chi connectivity index (χ0n) is 19.3. The van der Waals surface area contributed by atoms with Crippen LogP contribution >= 0.6 is 0 Å². The van der Waals surface area contributed by atoms with Crippen molar-refractivity contribution < 1.29 is 4.79 Å². The van der Waals surface area contributed by atoms with Crippen LogP contribution in [0.5, 0.6) is 0 Å². The summed E-state index contributed by atoms with van der Waals surface area (Å²) in [6.07, 6.45) is 8.45. The Bertz CT molecular complexity index is 1410. The van der Waals surface area contributed by atoms with Crippen LogP contribution in [0, 0.1) is 0 Å². The van der Waals surface area contributed by atoms with E-state index >= 15 is 0 Å². The van der Waals surface area contributed by atoms with E-state index in [4.69, 9.17) is 4.98 Å². The maximum Gasteiger partial charge on any atom is 0.150 e. The van der Waals surface area contributed by atoms with E-state index in [0.29, 0.717) is 5.56 Å². The lowest BCUT2D eigenvalue weighted by Crippen LogP contribution is -2.02. The molecule has 0 radical (unpaired) electrons. The van der Waals surface area contributed by atoms with Gasteiger partial charge < -0.3 is 4.57 Å². The SMILES string of the molecule is CCCCCCCCn1c(-c2ccc(C=O)cc2)nc2c3ccccc3c3ccccc3c21. The molecule has 0 aliphatic carbocycles. The van der Waals surface area contributed by atoms with Gasteiger partial charge >= 0.3 is 0 Å². The molecule has 1 aromatic heterocycles. The summed E-state index contributed by atoms with van der Waals surface area (Å²) in [7, 11) is 0. The molecule has 0 fully saturated rings. The molecule has 166 valence electrons. The summed E-state index contributed by atoms with van der Waals surface area (Å²) in [6.45, 7) is 3.20. The molecule has 33 heavy (non-hydrogen) atoms. The monoisotopic (exact) mass is 434 g/mol. The van der Waals surface area contributed by atoms with Crippen LogP contribution in [0.25, 0.3) is 44.0 Å². The molecule has 0 saturated carbocycles. The normalized spacial score (nSPS) is 11.5. The Labute approximate surface area is 195 Å². The van der Waals surface area contributed by atoms with E-state index in [2.05, 4.69) is 60.0 Å². The van der Waals surface area contributed by atoms with Crippen molar-refractivity contribution in [1.82, 2.24) is 9.55 Å². The highest BCUT2D eigenvalue weighted by molar-refractivity contribution is 6.23. The number of unbranched alkanes of at least 4 members (excludes halogenated alkanes) is 5. The number of hydrogen-bond donors (Lipinski definition) is 0. The average Bonchev–Trinajstić information content (AvgIpc) is 3.26. The van der Waals surface area contributed by atoms with Crippen LogP contribution in [-0.4, -0.2) is 15.8 Å². The molecule has 5 rings (SSSR count). The minimum Gasteiger partial charge on any atom is -0.323 e. The van der Waals surface area contributed by atoms with E-state index in [0.717, 1.165) is 36.2 Å². The molecule has 0 amide bonds. The Kier molecular flexibility index (Phi) is 6.21. The van der Waals surface area contributed by atoms with Crippen molar-refractivity contribution in [1.29, 1.82) is 0 Å². The molecular formula is C30H30N2O. The van der Waals surface area contributed by atoms with Crippen LogP contribution in [0.4, 0.5) is 0 Å². The number of fused-ring (bicyclic) bond motifs is 6. The number of hydrogen-bond acceptors (Lipinski definition) is 2. The van der Waals surface area contributed by atoms with Gasteiger partial charge in [-0.15, -0.1) is 0 Å². The molecule has 0 aliphatic heterocycles. The number of carbonyl (C=O) groups excluding carboxylic acids is 1. The topological polar surface area (TPSA) is 34.9 Å². The van der Waals surface area contributed by atoms with Gasteiger partial charge in [-0.05, 0) is 17.2 Å². The third kappa shape index (κ3) is 4.04.